The molecule has 5 heteroatoms. The zero-order chi connectivity index (χ0) is 15.4. The summed E-state index contributed by atoms with van der Waals surface area (Å²) in [5.41, 5.74) is 0. The molecule has 126 valence electrons. The second-order valence-corrected chi connectivity index (χ2v) is 7.31. The van der Waals surface area contributed by atoms with Crippen molar-refractivity contribution in [1.29, 1.82) is 0 Å². The van der Waals surface area contributed by atoms with Crippen molar-refractivity contribution in [1.82, 2.24) is 4.90 Å². The summed E-state index contributed by atoms with van der Waals surface area (Å²) in [6.45, 7) is 10.2. The van der Waals surface area contributed by atoms with Crippen LogP contribution >= 0.6 is 0 Å². The normalized spacial score (nSPS) is 32.7. The van der Waals surface area contributed by atoms with E-state index in [9.17, 15) is 4.79 Å². The van der Waals surface area contributed by atoms with E-state index in [4.69, 9.17) is 4.74 Å². The van der Waals surface area contributed by atoms with Crippen molar-refractivity contribution in [2.75, 3.05) is 52.5 Å². The second kappa shape index (κ2) is 7.75. The van der Waals surface area contributed by atoms with Crippen LogP contribution in [0.4, 0.5) is 0 Å². The predicted octanol–water partition coefficient (Wildman–Crippen LogP) is -1.65. The average Bonchev–Trinajstić information content (AvgIpc) is 2.62. The smallest absolute Gasteiger partial charge is 0.280 e. The first-order valence-electron chi connectivity index (χ1n) is 9.31. The average molecular weight is 311 g/mol. The molecule has 3 heterocycles. The lowest BCUT2D eigenvalue weighted by atomic mass is 9.98. The molecule has 0 aromatic rings. The fraction of sp³-hybridized carbons (Fsp3) is 0.941. The van der Waals surface area contributed by atoms with E-state index in [1.807, 2.05) is 9.80 Å². The van der Waals surface area contributed by atoms with Crippen molar-refractivity contribution >= 4 is 5.91 Å². The van der Waals surface area contributed by atoms with Crippen LogP contribution < -0.4 is 9.80 Å². The van der Waals surface area contributed by atoms with Crippen LogP contribution in [-0.4, -0.2) is 75.4 Å². The SMILES string of the molecule is C[C@@H](C(=O)N1CCOCC1)[NH+]1CCC([NH+]2CCCCC2)CC1. The molecule has 0 saturated carbocycles. The lowest BCUT2D eigenvalue weighted by Crippen LogP contribution is -3.22. The number of quaternary nitrogens is 2. The molecule has 0 unspecified atom stereocenters. The van der Waals surface area contributed by atoms with E-state index in [0.29, 0.717) is 19.1 Å². The highest BCUT2D eigenvalue weighted by Crippen LogP contribution is 2.04. The second-order valence-electron chi connectivity index (χ2n) is 7.31. The monoisotopic (exact) mass is 311 g/mol. The Bertz CT molecular complexity index is 357. The molecule has 22 heavy (non-hydrogen) atoms. The summed E-state index contributed by atoms with van der Waals surface area (Å²) < 4.78 is 5.35. The molecule has 3 fully saturated rings. The van der Waals surface area contributed by atoms with Gasteiger partial charge in [0.25, 0.3) is 5.91 Å². The third-order valence-corrected chi connectivity index (χ3v) is 6.01. The minimum absolute atomic E-state index is 0.121. The highest BCUT2D eigenvalue weighted by Gasteiger charge is 2.36. The Morgan fingerprint density at radius 2 is 1.68 bits per heavy atom. The molecule has 0 spiro atoms. The number of ether oxygens (including phenoxy) is 1. The maximum atomic E-state index is 12.6. The zero-order valence-corrected chi connectivity index (χ0v) is 14.1. The van der Waals surface area contributed by atoms with Gasteiger partial charge in [0, 0.05) is 25.9 Å². The Labute approximate surface area is 134 Å². The van der Waals surface area contributed by atoms with Gasteiger partial charge in [-0.15, -0.1) is 0 Å². The van der Waals surface area contributed by atoms with Gasteiger partial charge in [0.15, 0.2) is 6.04 Å². The van der Waals surface area contributed by atoms with Gasteiger partial charge in [-0.1, -0.05) is 0 Å². The highest BCUT2D eigenvalue weighted by atomic mass is 16.5. The fourth-order valence-electron chi connectivity index (χ4n) is 4.48. The Morgan fingerprint density at radius 1 is 1.05 bits per heavy atom. The van der Waals surface area contributed by atoms with Crippen LogP contribution in [0.15, 0.2) is 0 Å². The standard InChI is InChI=1S/C17H31N3O2/c1-15(17(21)20-11-13-22-14-12-20)18-9-5-16(6-10-18)19-7-3-2-4-8-19/h15-16H,2-14H2,1H3/p+2/t15-/m0/s1. The van der Waals surface area contributed by atoms with Crippen LogP contribution in [0.3, 0.4) is 0 Å². The van der Waals surface area contributed by atoms with Gasteiger partial charge in [-0.05, 0) is 26.2 Å². The van der Waals surface area contributed by atoms with Gasteiger partial charge in [0.1, 0.15) is 0 Å². The van der Waals surface area contributed by atoms with E-state index in [1.165, 1.54) is 63.2 Å². The minimum atomic E-state index is 0.121. The molecule has 1 atom stereocenters. The summed E-state index contributed by atoms with van der Waals surface area (Å²) in [6.07, 6.45) is 6.85. The number of hydrogen-bond donors (Lipinski definition) is 2. The lowest BCUT2D eigenvalue weighted by Gasteiger charge is -2.38. The van der Waals surface area contributed by atoms with Crippen LogP contribution in [0.5, 0.6) is 0 Å². The number of hydrogen-bond acceptors (Lipinski definition) is 2. The quantitative estimate of drug-likeness (QED) is 0.655. The molecular formula is C17H33N3O2+2. The van der Waals surface area contributed by atoms with E-state index < -0.39 is 0 Å². The van der Waals surface area contributed by atoms with Crippen molar-refractivity contribution in [2.45, 2.75) is 51.1 Å². The molecule has 1 amide bonds. The molecule has 3 rings (SSSR count). The van der Waals surface area contributed by atoms with Gasteiger partial charge in [-0.3, -0.25) is 4.79 Å². The number of nitrogens with one attached hydrogen (secondary N) is 2. The summed E-state index contributed by atoms with van der Waals surface area (Å²) in [4.78, 5) is 18.0. The molecule has 3 aliphatic heterocycles. The van der Waals surface area contributed by atoms with E-state index in [0.717, 1.165) is 19.1 Å². The molecular weight excluding hydrogens is 278 g/mol. The molecule has 5 nitrogen and oxygen atoms in total. The van der Waals surface area contributed by atoms with Gasteiger partial charge >= 0.3 is 0 Å². The Morgan fingerprint density at radius 3 is 2.32 bits per heavy atom. The molecule has 0 radical (unpaired) electrons. The molecule has 0 aliphatic carbocycles. The summed E-state index contributed by atoms with van der Waals surface area (Å²) in [7, 11) is 0. The predicted molar refractivity (Wildman–Crippen MR) is 85.1 cm³/mol. The number of morpholine rings is 1. The number of rotatable bonds is 3. The van der Waals surface area contributed by atoms with Crippen molar-refractivity contribution in [3.8, 4) is 0 Å². The van der Waals surface area contributed by atoms with Gasteiger partial charge in [0.05, 0.1) is 45.4 Å². The van der Waals surface area contributed by atoms with Gasteiger partial charge in [0.2, 0.25) is 0 Å². The van der Waals surface area contributed by atoms with Crippen LogP contribution in [0.25, 0.3) is 0 Å². The van der Waals surface area contributed by atoms with Crippen molar-refractivity contribution in [3.63, 3.8) is 0 Å². The number of carbonyl (C=O) groups excluding carboxylic acids is 1. The topological polar surface area (TPSA) is 38.4 Å². The largest absolute Gasteiger partial charge is 0.378 e. The van der Waals surface area contributed by atoms with Gasteiger partial charge < -0.3 is 19.4 Å². The molecule has 3 aliphatic rings. The van der Waals surface area contributed by atoms with E-state index >= 15 is 0 Å². The zero-order valence-electron chi connectivity index (χ0n) is 14.1. The number of likely N-dealkylation sites (tertiary alicyclic amines) is 2. The van der Waals surface area contributed by atoms with Gasteiger partial charge in [-0.25, -0.2) is 0 Å². The maximum absolute atomic E-state index is 12.6. The number of nitrogens with zero attached hydrogens (tertiary/aromatic N) is 1. The number of piperidine rings is 2. The summed E-state index contributed by atoms with van der Waals surface area (Å²) >= 11 is 0. The van der Waals surface area contributed by atoms with Crippen LogP contribution in [0, 0.1) is 0 Å². The third-order valence-electron chi connectivity index (χ3n) is 6.01. The summed E-state index contributed by atoms with van der Waals surface area (Å²) in [6, 6.07) is 0.977. The van der Waals surface area contributed by atoms with Crippen molar-refractivity contribution in [2.24, 2.45) is 0 Å². The van der Waals surface area contributed by atoms with E-state index in [1.54, 1.807) is 0 Å². The lowest BCUT2D eigenvalue weighted by molar-refractivity contribution is -0.965. The van der Waals surface area contributed by atoms with Gasteiger partial charge in [-0.2, -0.15) is 0 Å². The van der Waals surface area contributed by atoms with Crippen molar-refractivity contribution < 1.29 is 19.3 Å². The Balaban J connectivity index is 1.46. The van der Waals surface area contributed by atoms with Crippen LogP contribution in [0.2, 0.25) is 0 Å². The number of carbonyl (C=O) groups is 1. The molecule has 2 N–H and O–H groups in total. The van der Waals surface area contributed by atoms with Crippen LogP contribution in [-0.2, 0) is 9.53 Å². The Kier molecular flexibility index (Phi) is 5.71. The van der Waals surface area contributed by atoms with Crippen molar-refractivity contribution in [3.05, 3.63) is 0 Å². The molecule has 3 saturated heterocycles. The minimum Gasteiger partial charge on any atom is -0.378 e. The van der Waals surface area contributed by atoms with E-state index in [-0.39, 0.29) is 6.04 Å². The summed E-state index contributed by atoms with van der Waals surface area (Å²) in [5.74, 6) is 0.335. The molecule has 0 aromatic heterocycles. The Hall–Kier alpha value is -0.650. The molecule has 0 aromatic carbocycles. The number of amides is 1. The van der Waals surface area contributed by atoms with E-state index in [2.05, 4.69) is 6.92 Å². The summed E-state index contributed by atoms with van der Waals surface area (Å²) in [5, 5.41) is 0. The first kappa shape index (κ1) is 16.2. The third kappa shape index (κ3) is 3.81. The maximum Gasteiger partial charge on any atom is 0.280 e. The first-order chi connectivity index (χ1) is 10.8. The first-order valence-corrected chi connectivity index (χ1v) is 9.31. The highest BCUT2D eigenvalue weighted by molar-refractivity contribution is 5.80. The fourth-order valence-corrected chi connectivity index (χ4v) is 4.48. The molecule has 0 bridgehead atoms. The van der Waals surface area contributed by atoms with Crippen LogP contribution in [0.1, 0.15) is 39.0 Å².